The number of nitrogens with zero attached hydrogens (tertiary/aromatic N) is 1. The van der Waals surface area contributed by atoms with Crippen molar-refractivity contribution in [3.05, 3.63) is 70.6 Å². The fourth-order valence-electron chi connectivity index (χ4n) is 2.50. The lowest BCUT2D eigenvalue weighted by atomic mass is 10.2. The van der Waals surface area contributed by atoms with Gasteiger partial charge in [-0.25, -0.2) is 0 Å². The molecule has 3 rings (SSSR count). The van der Waals surface area contributed by atoms with E-state index < -0.39 is 0 Å². The molecule has 0 aliphatic carbocycles. The number of hydrogen-bond donors (Lipinski definition) is 0. The molecule has 128 valence electrons. The summed E-state index contributed by atoms with van der Waals surface area (Å²) in [4.78, 5) is 25.9. The summed E-state index contributed by atoms with van der Waals surface area (Å²) < 4.78 is 5.81. The molecule has 1 heterocycles. The van der Waals surface area contributed by atoms with E-state index in [9.17, 15) is 9.59 Å². The zero-order chi connectivity index (χ0) is 17.6. The molecular weight excluding hydrogens is 334 g/mol. The first-order valence-electron chi connectivity index (χ1n) is 8.19. The van der Waals surface area contributed by atoms with Gasteiger partial charge in [0.1, 0.15) is 12.4 Å². The van der Waals surface area contributed by atoms with Crippen LogP contribution in [-0.4, -0.2) is 22.6 Å². The van der Waals surface area contributed by atoms with Crippen molar-refractivity contribution in [1.29, 1.82) is 0 Å². The molecule has 1 aliphatic heterocycles. The van der Waals surface area contributed by atoms with E-state index in [0.29, 0.717) is 18.1 Å². The molecular formula is C20H19NO3S. The summed E-state index contributed by atoms with van der Waals surface area (Å²) >= 11 is 0.990. The van der Waals surface area contributed by atoms with Crippen molar-refractivity contribution < 1.29 is 14.3 Å². The Bertz CT molecular complexity index is 802. The van der Waals surface area contributed by atoms with Crippen LogP contribution in [0.4, 0.5) is 4.79 Å². The van der Waals surface area contributed by atoms with Gasteiger partial charge in [-0.1, -0.05) is 49.4 Å². The predicted molar refractivity (Wildman–Crippen MR) is 100 cm³/mol. The van der Waals surface area contributed by atoms with Gasteiger partial charge in [0.2, 0.25) is 0 Å². The average Bonchev–Trinajstić information content (AvgIpc) is 2.89. The Balaban J connectivity index is 1.71. The molecule has 0 saturated carbocycles. The highest BCUT2D eigenvalue weighted by molar-refractivity contribution is 8.18. The maximum absolute atomic E-state index is 12.3. The lowest BCUT2D eigenvalue weighted by molar-refractivity contribution is -0.122. The average molecular weight is 353 g/mol. The largest absolute Gasteiger partial charge is 0.489 e. The van der Waals surface area contributed by atoms with Crippen LogP contribution in [0.3, 0.4) is 0 Å². The van der Waals surface area contributed by atoms with Gasteiger partial charge >= 0.3 is 0 Å². The summed E-state index contributed by atoms with van der Waals surface area (Å²) in [5.74, 6) is 0.512. The van der Waals surface area contributed by atoms with Crippen LogP contribution in [0.5, 0.6) is 5.75 Å². The third-order valence-corrected chi connectivity index (χ3v) is 4.63. The quantitative estimate of drug-likeness (QED) is 0.706. The van der Waals surface area contributed by atoms with Crippen LogP contribution >= 0.6 is 11.8 Å². The number of carbonyl (C=O) groups excluding carboxylic acids is 2. The summed E-state index contributed by atoms with van der Waals surface area (Å²) in [5.41, 5.74) is 1.93. The summed E-state index contributed by atoms with van der Waals surface area (Å²) in [5, 5.41) is -0.199. The van der Waals surface area contributed by atoms with Crippen molar-refractivity contribution in [3.63, 3.8) is 0 Å². The number of benzene rings is 2. The topological polar surface area (TPSA) is 46.6 Å². The summed E-state index contributed by atoms with van der Waals surface area (Å²) in [7, 11) is 0. The molecule has 0 spiro atoms. The first-order chi connectivity index (χ1) is 12.2. The molecule has 2 amide bonds. The zero-order valence-corrected chi connectivity index (χ0v) is 14.8. The van der Waals surface area contributed by atoms with Crippen LogP contribution in [0.15, 0.2) is 59.5 Å². The van der Waals surface area contributed by atoms with Crippen LogP contribution in [-0.2, 0) is 11.4 Å². The van der Waals surface area contributed by atoms with Crippen molar-refractivity contribution in [2.45, 2.75) is 20.0 Å². The van der Waals surface area contributed by atoms with E-state index in [0.717, 1.165) is 35.1 Å². The van der Waals surface area contributed by atoms with Gasteiger partial charge in [0.15, 0.2) is 0 Å². The third-order valence-electron chi connectivity index (χ3n) is 3.72. The normalized spacial score (nSPS) is 15.9. The fraction of sp³-hybridized carbons (Fsp3) is 0.200. The highest BCUT2D eigenvalue weighted by atomic mass is 32.2. The monoisotopic (exact) mass is 353 g/mol. The molecule has 2 aromatic rings. The van der Waals surface area contributed by atoms with Gasteiger partial charge in [0.05, 0.1) is 4.91 Å². The minimum atomic E-state index is -0.215. The van der Waals surface area contributed by atoms with Gasteiger partial charge in [-0.05, 0) is 47.5 Å². The van der Waals surface area contributed by atoms with E-state index in [-0.39, 0.29) is 11.1 Å². The van der Waals surface area contributed by atoms with Gasteiger partial charge in [-0.2, -0.15) is 0 Å². The predicted octanol–water partition coefficient (Wildman–Crippen LogP) is 4.71. The minimum absolute atomic E-state index is 0.199. The second-order valence-electron chi connectivity index (χ2n) is 5.68. The van der Waals surface area contributed by atoms with Crippen molar-refractivity contribution in [2.75, 3.05) is 6.54 Å². The number of hydrogen-bond acceptors (Lipinski definition) is 4. The first kappa shape index (κ1) is 17.3. The molecule has 0 bridgehead atoms. The van der Waals surface area contributed by atoms with E-state index >= 15 is 0 Å². The zero-order valence-electron chi connectivity index (χ0n) is 14.0. The van der Waals surface area contributed by atoms with Crippen LogP contribution < -0.4 is 4.74 Å². The smallest absolute Gasteiger partial charge is 0.293 e. The number of ether oxygens (including phenoxy) is 1. The SMILES string of the molecule is CCCN1C(=O)S/C(=C/c2cccc(OCc3ccccc3)c2)C1=O. The molecule has 4 nitrogen and oxygen atoms in total. The molecule has 0 atom stereocenters. The van der Waals surface area contributed by atoms with Crippen LogP contribution in [0, 0.1) is 0 Å². The van der Waals surface area contributed by atoms with Gasteiger partial charge in [0, 0.05) is 6.54 Å². The second-order valence-corrected chi connectivity index (χ2v) is 6.67. The van der Waals surface area contributed by atoms with Crippen molar-refractivity contribution in [2.24, 2.45) is 0 Å². The van der Waals surface area contributed by atoms with E-state index in [1.165, 1.54) is 4.90 Å². The van der Waals surface area contributed by atoms with Crippen LogP contribution in [0.25, 0.3) is 6.08 Å². The van der Waals surface area contributed by atoms with E-state index in [1.807, 2.05) is 61.5 Å². The number of carbonyl (C=O) groups is 2. The molecule has 0 N–H and O–H groups in total. The van der Waals surface area contributed by atoms with Crippen molar-refractivity contribution in [3.8, 4) is 5.75 Å². The number of amides is 2. The Morgan fingerprint density at radius 1 is 1.08 bits per heavy atom. The maximum atomic E-state index is 12.3. The third kappa shape index (κ3) is 4.31. The lowest BCUT2D eigenvalue weighted by Gasteiger charge is -2.09. The van der Waals surface area contributed by atoms with Gasteiger partial charge in [-0.15, -0.1) is 0 Å². The number of thioether (sulfide) groups is 1. The molecule has 25 heavy (non-hydrogen) atoms. The Kier molecular flexibility index (Phi) is 5.56. The molecule has 1 aliphatic rings. The van der Waals surface area contributed by atoms with E-state index in [2.05, 4.69) is 0 Å². The molecule has 0 unspecified atom stereocenters. The minimum Gasteiger partial charge on any atom is -0.489 e. The standard InChI is InChI=1S/C20H19NO3S/c1-2-11-21-19(22)18(25-20(21)23)13-16-9-6-10-17(12-16)24-14-15-7-4-3-5-8-15/h3-10,12-13H,2,11,14H2,1H3/b18-13+. The Hall–Kier alpha value is -2.53. The van der Waals surface area contributed by atoms with Crippen molar-refractivity contribution in [1.82, 2.24) is 4.90 Å². The Morgan fingerprint density at radius 3 is 2.64 bits per heavy atom. The molecule has 2 aromatic carbocycles. The summed E-state index contributed by atoms with van der Waals surface area (Å²) in [6.07, 6.45) is 2.50. The highest BCUT2D eigenvalue weighted by Gasteiger charge is 2.34. The van der Waals surface area contributed by atoms with Crippen LogP contribution in [0.1, 0.15) is 24.5 Å². The first-order valence-corrected chi connectivity index (χ1v) is 9.01. The van der Waals surface area contributed by atoms with E-state index in [1.54, 1.807) is 6.08 Å². The maximum Gasteiger partial charge on any atom is 0.293 e. The van der Waals surface area contributed by atoms with Gasteiger partial charge < -0.3 is 4.74 Å². The molecule has 1 fully saturated rings. The van der Waals surface area contributed by atoms with Crippen LogP contribution in [0.2, 0.25) is 0 Å². The van der Waals surface area contributed by atoms with Gasteiger partial charge in [0.25, 0.3) is 11.1 Å². The number of rotatable bonds is 6. The summed E-state index contributed by atoms with van der Waals surface area (Å²) in [6, 6.07) is 17.4. The molecule has 1 saturated heterocycles. The van der Waals surface area contributed by atoms with E-state index in [4.69, 9.17) is 4.74 Å². The Morgan fingerprint density at radius 2 is 1.88 bits per heavy atom. The highest BCUT2D eigenvalue weighted by Crippen LogP contribution is 2.32. The van der Waals surface area contributed by atoms with Gasteiger partial charge in [-0.3, -0.25) is 14.5 Å². The Labute approximate surface area is 151 Å². The fourth-order valence-corrected chi connectivity index (χ4v) is 3.37. The molecule has 0 aromatic heterocycles. The molecule has 0 radical (unpaired) electrons. The molecule has 5 heteroatoms. The second kappa shape index (κ2) is 8.03. The number of imide groups is 1. The summed E-state index contributed by atoms with van der Waals surface area (Å²) in [6.45, 7) is 2.89. The van der Waals surface area contributed by atoms with Crippen molar-refractivity contribution >= 4 is 29.0 Å². The lowest BCUT2D eigenvalue weighted by Crippen LogP contribution is -2.28.